The number of nitrogens with one attached hydrogen (secondary N) is 1. The minimum Gasteiger partial charge on any atom is -0.457 e. The minimum atomic E-state index is -4.68. The Bertz CT molecular complexity index is 1140. The average Bonchev–Trinajstić information content (AvgIpc) is 3.03. The van der Waals surface area contributed by atoms with E-state index in [-0.39, 0.29) is 22.8 Å². The number of halogens is 3. The number of para-hydroxylation sites is 1. The highest BCUT2D eigenvalue weighted by molar-refractivity contribution is 5.91. The third-order valence-electron chi connectivity index (χ3n) is 4.19. The number of alkyl halides is 3. The van der Waals surface area contributed by atoms with E-state index in [0.29, 0.717) is 10.4 Å². The number of nitro benzene ring substituents is 1. The molecule has 1 amide bonds. The molecule has 2 aromatic carbocycles. The van der Waals surface area contributed by atoms with Gasteiger partial charge in [-0.3, -0.25) is 19.6 Å². The first-order chi connectivity index (χ1) is 14.5. The van der Waals surface area contributed by atoms with Crippen LogP contribution in [-0.2, 0) is 17.5 Å². The molecule has 0 atom stereocenters. The van der Waals surface area contributed by atoms with Gasteiger partial charge in [0.2, 0.25) is 5.91 Å². The van der Waals surface area contributed by atoms with Gasteiger partial charge in [-0.25, -0.2) is 0 Å². The number of ether oxygens (including phenoxy) is 1. The third kappa shape index (κ3) is 5.38. The molecule has 11 heteroatoms. The number of carbonyl (C=O) groups excluding carboxylic acids is 1. The smallest absolute Gasteiger partial charge is 0.433 e. The van der Waals surface area contributed by atoms with E-state index in [1.807, 2.05) is 0 Å². The molecule has 8 nitrogen and oxygen atoms in total. The second kappa shape index (κ2) is 8.46. The van der Waals surface area contributed by atoms with Crippen LogP contribution in [0.1, 0.15) is 17.0 Å². The van der Waals surface area contributed by atoms with Gasteiger partial charge in [0.25, 0.3) is 5.69 Å². The number of carbonyl (C=O) groups is 1. The predicted octanol–water partition coefficient (Wildman–Crippen LogP) is 4.86. The fourth-order valence-electron chi connectivity index (χ4n) is 2.85. The van der Waals surface area contributed by atoms with E-state index in [1.165, 1.54) is 19.1 Å². The summed E-state index contributed by atoms with van der Waals surface area (Å²) in [6.45, 7) is 2.44. The Labute approximate surface area is 174 Å². The Morgan fingerprint density at radius 3 is 2.55 bits per heavy atom. The molecule has 3 aromatic rings. The lowest BCUT2D eigenvalue weighted by molar-refractivity contribution is -0.384. The Balaban J connectivity index is 1.84. The van der Waals surface area contributed by atoms with Crippen LogP contribution in [0.3, 0.4) is 0 Å². The standard InChI is InChI=1S/C20H17F3N4O4/c1-12-5-3-4-6-17(12)31-16-9-14(8-15(10-16)27(29)30)24-19(28)11-26-18(20(21,22)23)7-13(2)25-26/h3-10H,11H2,1-2H3,(H,24,28). The molecule has 0 aliphatic heterocycles. The maximum atomic E-state index is 13.1. The van der Waals surface area contributed by atoms with Crippen LogP contribution in [-0.4, -0.2) is 20.6 Å². The van der Waals surface area contributed by atoms with Crippen molar-refractivity contribution < 1.29 is 27.6 Å². The van der Waals surface area contributed by atoms with Crippen molar-refractivity contribution in [3.8, 4) is 11.5 Å². The van der Waals surface area contributed by atoms with Gasteiger partial charge >= 0.3 is 6.18 Å². The second-order valence-electron chi connectivity index (χ2n) is 6.71. The Morgan fingerprint density at radius 1 is 1.19 bits per heavy atom. The minimum absolute atomic E-state index is 0.000205. The maximum absolute atomic E-state index is 13.1. The van der Waals surface area contributed by atoms with E-state index in [9.17, 15) is 28.1 Å². The number of benzene rings is 2. The van der Waals surface area contributed by atoms with E-state index in [1.54, 1.807) is 31.2 Å². The van der Waals surface area contributed by atoms with Crippen molar-refractivity contribution in [3.05, 3.63) is 75.6 Å². The molecule has 3 rings (SSSR count). The second-order valence-corrected chi connectivity index (χ2v) is 6.71. The summed E-state index contributed by atoms with van der Waals surface area (Å²) in [5, 5.41) is 17.3. The van der Waals surface area contributed by atoms with Crippen LogP contribution in [0.15, 0.2) is 48.5 Å². The summed E-state index contributed by atoms with van der Waals surface area (Å²) in [4.78, 5) is 22.9. The van der Waals surface area contributed by atoms with Gasteiger partial charge in [-0.2, -0.15) is 18.3 Å². The van der Waals surface area contributed by atoms with E-state index in [2.05, 4.69) is 10.4 Å². The SMILES string of the molecule is Cc1cc(C(F)(F)F)n(CC(=O)Nc2cc(Oc3ccccc3C)cc([N+](=O)[O-])c2)n1. The lowest BCUT2D eigenvalue weighted by atomic mass is 10.2. The molecule has 0 spiro atoms. The number of hydrogen-bond donors (Lipinski definition) is 1. The summed E-state index contributed by atoms with van der Waals surface area (Å²) in [6.07, 6.45) is -4.68. The number of nitrogens with zero attached hydrogens (tertiary/aromatic N) is 3. The molecule has 1 N–H and O–H groups in total. The topological polar surface area (TPSA) is 99.3 Å². The summed E-state index contributed by atoms with van der Waals surface area (Å²) in [5.74, 6) is -0.289. The maximum Gasteiger partial charge on any atom is 0.433 e. The number of rotatable bonds is 6. The quantitative estimate of drug-likeness (QED) is 0.441. The normalized spacial score (nSPS) is 11.3. The largest absolute Gasteiger partial charge is 0.457 e. The Morgan fingerprint density at radius 2 is 1.90 bits per heavy atom. The first kappa shape index (κ1) is 21.8. The summed E-state index contributed by atoms with van der Waals surface area (Å²) in [7, 11) is 0. The molecule has 0 fully saturated rings. The highest BCUT2D eigenvalue weighted by Gasteiger charge is 2.35. The van der Waals surface area contributed by atoms with Gasteiger partial charge < -0.3 is 10.1 Å². The van der Waals surface area contributed by atoms with Gasteiger partial charge in [-0.05, 0) is 31.5 Å². The van der Waals surface area contributed by atoms with Gasteiger partial charge in [-0.15, -0.1) is 0 Å². The van der Waals surface area contributed by atoms with Crippen LogP contribution in [0, 0.1) is 24.0 Å². The fourth-order valence-corrected chi connectivity index (χ4v) is 2.85. The Hall–Kier alpha value is -3.89. The van der Waals surface area contributed by atoms with Crippen LogP contribution in [0.2, 0.25) is 0 Å². The van der Waals surface area contributed by atoms with Crippen molar-refractivity contribution in [2.75, 3.05) is 5.32 Å². The average molecular weight is 434 g/mol. The molecule has 0 saturated carbocycles. The summed E-state index contributed by atoms with van der Waals surface area (Å²) < 4.78 is 45.5. The van der Waals surface area contributed by atoms with Crippen molar-refractivity contribution in [2.45, 2.75) is 26.6 Å². The molecule has 1 heterocycles. The van der Waals surface area contributed by atoms with Crippen LogP contribution in [0.5, 0.6) is 11.5 Å². The summed E-state index contributed by atoms with van der Waals surface area (Å²) in [5.41, 5.74) is -0.534. The van der Waals surface area contributed by atoms with Crippen LogP contribution in [0.4, 0.5) is 24.5 Å². The van der Waals surface area contributed by atoms with Crippen LogP contribution >= 0.6 is 0 Å². The highest BCUT2D eigenvalue weighted by atomic mass is 19.4. The monoisotopic (exact) mass is 434 g/mol. The van der Waals surface area contributed by atoms with Crippen molar-refractivity contribution in [3.63, 3.8) is 0 Å². The number of non-ortho nitro benzene ring substituents is 1. The van der Waals surface area contributed by atoms with Crippen molar-refractivity contribution in [1.82, 2.24) is 9.78 Å². The Kier molecular flexibility index (Phi) is 5.95. The van der Waals surface area contributed by atoms with Gasteiger partial charge in [0.05, 0.1) is 22.4 Å². The zero-order valence-electron chi connectivity index (χ0n) is 16.4. The van der Waals surface area contributed by atoms with E-state index in [0.717, 1.165) is 17.7 Å². The first-order valence-electron chi connectivity index (χ1n) is 8.97. The van der Waals surface area contributed by atoms with E-state index >= 15 is 0 Å². The zero-order chi connectivity index (χ0) is 22.8. The highest BCUT2D eigenvalue weighted by Crippen LogP contribution is 2.32. The zero-order valence-corrected chi connectivity index (χ0v) is 16.4. The molecule has 0 aliphatic carbocycles. The molecule has 0 bridgehead atoms. The molecular formula is C20H17F3N4O4. The number of aryl methyl sites for hydroxylation is 2. The number of hydrogen-bond acceptors (Lipinski definition) is 5. The summed E-state index contributed by atoms with van der Waals surface area (Å²) >= 11 is 0. The van der Waals surface area contributed by atoms with Crippen molar-refractivity contribution in [1.29, 1.82) is 0 Å². The fraction of sp³-hybridized carbons (Fsp3) is 0.200. The van der Waals surface area contributed by atoms with Crippen LogP contribution in [0.25, 0.3) is 0 Å². The number of anilines is 1. The first-order valence-corrected chi connectivity index (χ1v) is 8.97. The van der Waals surface area contributed by atoms with Gasteiger partial charge in [0.15, 0.2) is 0 Å². The molecule has 0 saturated heterocycles. The number of aromatic nitrogens is 2. The van der Waals surface area contributed by atoms with Crippen molar-refractivity contribution in [2.24, 2.45) is 0 Å². The molecule has 31 heavy (non-hydrogen) atoms. The lowest BCUT2D eigenvalue weighted by Gasteiger charge is -2.12. The van der Waals surface area contributed by atoms with Gasteiger partial charge in [-0.1, -0.05) is 18.2 Å². The van der Waals surface area contributed by atoms with Crippen molar-refractivity contribution >= 4 is 17.3 Å². The lowest BCUT2D eigenvalue weighted by Crippen LogP contribution is -2.23. The molecular weight excluding hydrogens is 417 g/mol. The molecule has 0 aliphatic rings. The third-order valence-corrected chi connectivity index (χ3v) is 4.19. The molecule has 162 valence electrons. The molecule has 1 aromatic heterocycles. The van der Waals surface area contributed by atoms with Gasteiger partial charge in [0, 0.05) is 12.1 Å². The summed E-state index contributed by atoms with van der Waals surface area (Å²) in [6, 6.07) is 11.4. The van der Waals surface area contributed by atoms with E-state index < -0.39 is 29.2 Å². The predicted molar refractivity (Wildman–Crippen MR) is 105 cm³/mol. The van der Waals surface area contributed by atoms with Crippen LogP contribution < -0.4 is 10.1 Å². The number of nitro groups is 1. The molecule has 0 unspecified atom stereocenters. The van der Waals surface area contributed by atoms with E-state index in [4.69, 9.17) is 4.74 Å². The van der Waals surface area contributed by atoms with Gasteiger partial charge in [0.1, 0.15) is 23.7 Å². The molecule has 0 radical (unpaired) electrons. The number of amides is 1.